The van der Waals surface area contributed by atoms with Gasteiger partial charge in [0.15, 0.2) is 0 Å². The van der Waals surface area contributed by atoms with Gasteiger partial charge >= 0.3 is 5.97 Å². The summed E-state index contributed by atoms with van der Waals surface area (Å²) in [6, 6.07) is 25.9. The predicted molar refractivity (Wildman–Crippen MR) is 130 cm³/mol. The topological polar surface area (TPSA) is 64.3 Å². The summed E-state index contributed by atoms with van der Waals surface area (Å²) >= 11 is 0. The molecule has 0 amide bonds. The molecule has 0 spiro atoms. The number of hydrogen-bond donors (Lipinski definition) is 1. The van der Waals surface area contributed by atoms with Crippen LogP contribution < -0.4 is 4.74 Å². The van der Waals surface area contributed by atoms with E-state index in [1.165, 1.54) is 0 Å². The van der Waals surface area contributed by atoms with Crippen molar-refractivity contribution >= 4 is 27.6 Å². The molecule has 0 unspecified atom stereocenters. The number of carbonyl (C=O) groups is 1. The second-order valence-electron chi connectivity index (χ2n) is 8.03. The zero-order chi connectivity index (χ0) is 22.6. The number of carboxylic acid groups (broad SMARTS) is 1. The van der Waals surface area contributed by atoms with Crippen molar-refractivity contribution < 1.29 is 14.6 Å². The van der Waals surface area contributed by atoms with Crippen LogP contribution in [0, 0.1) is 0 Å². The highest BCUT2D eigenvalue weighted by molar-refractivity contribution is 5.98. The van der Waals surface area contributed by atoms with Gasteiger partial charge in [-0.3, -0.25) is 4.98 Å². The van der Waals surface area contributed by atoms with Gasteiger partial charge in [-0.2, -0.15) is 0 Å². The molecule has 0 bridgehead atoms. The molecule has 0 fully saturated rings. The average Bonchev–Trinajstić information content (AvgIpc) is 3.16. The monoisotopic (exact) mass is 436 g/mol. The van der Waals surface area contributed by atoms with Crippen LogP contribution in [-0.2, 0) is 13.0 Å². The molecular weight excluding hydrogens is 412 g/mol. The van der Waals surface area contributed by atoms with Crippen LogP contribution >= 0.6 is 0 Å². The molecule has 5 rings (SSSR count). The van der Waals surface area contributed by atoms with Gasteiger partial charge in [-0.1, -0.05) is 60.7 Å². The Balaban J connectivity index is 1.41. The Morgan fingerprint density at radius 1 is 0.909 bits per heavy atom. The first-order valence-corrected chi connectivity index (χ1v) is 11.1. The molecule has 0 saturated heterocycles. The Kier molecular flexibility index (Phi) is 5.77. The standard InChI is InChI=1S/C28H24N2O3/c31-28(32)27-24(13-7-17-33-26-15-5-10-21-9-1-2-11-22(21)26)23-12-3-4-14-25(23)30(27)19-20-8-6-16-29-18-20/h1-6,8-12,14-16,18H,7,13,17,19H2,(H,31,32). The van der Waals surface area contributed by atoms with E-state index in [9.17, 15) is 9.90 Å². The molecule has 2 heterocycles. The van der Waals surface area contributed by atoms with Crippen LogP contribution in [0.25, 0.3) is 21.7 Å². The number of nitrogens with zero attached hydrogens (tertiary/aromatic N) is 2. The third kappa shape index (κ3) is 4.17. The highest BCUT2D eigenvalue weighted by Crippen LogP contribution is 2.29. The highest BCUT2D eigenvalue weighted by Gasteiger charge is 2.22. The quantitative estimate of drug-likeness (QED) is 0.305. The van der Waals surface area contributed by atoms with Crippen LogP contribution in [0.1, 0.15) is 28.0 Å². The van der Waals surface area contributed by atoms with E-state index in [0.717, 1.165) is 38.6 Å². The van der Waals surface area contributed by atoms with Crippen molar-refractivity contribution in [3.63, 3.8) is 0 Å². The Hall–Kier alpha value is -4.12. The lowest BCUT2D eigenvalue weighted by molar-refractivity contribution is 0.0685. The number of rotatable bonds is 8. The Morgan fingerprint density at radius 2 is 1.70 bits per heavy atom. The lowest BCUT2D eigenvalue weighted by Gasteiger charge is -2.10. The third-order valence-corrected chi connectivity index (χ3v) is 5.92. The van der Waals surface area contributed by atoms with E-state index in [1.807, 2.05) is 65.2 Å². The number of aryl methyl sites for hydroxylation is 1. The molecule has 0 saturated carbocycles. The average molecular weight is 437 g/mol. The van der Waals surface area contributed by atoms with E-state index in [-0.39, 0.29) is 0 Å². The molecular formula is C28H24N2O3. The fourth-order valence-electron chi connectivity index (χ4n) is 4.46. The smallest absolute Gasteiger partial charge is 0.352 e. The molecule has 3 aromatic carbocycles. The number of aromatic carboxylic acids is 1. The van der Waals surface area contributed by atoms with Crippen LogP contribution in [-0.4, -0.2) is 27.2 Å². The van der Waals surface area contributed by atoms with Crippen LogP contribution in [0.5, 0.6) is 5.75 Å². The Morgan fingerprint density at radius 3 is 2.52 bits per heavy atom. The van der Waals surface area contributed by atoms with Crippen LogP contribution in [0.3, 0.4) is 0 Å². The van der Waals surface area contributed by atoms with Crippen molar-refractivity contribution in [1.82, 2.24) is 9.55 Å². The highest BCUT2D eigenvalue weighted by atomic mass is 16.5. The van der Waals surface area contributed by atoms with Crippen LogP contribution in [0.15, 0.2) is 91.3 Å². The largest absolute Gasteiger partial charge is 0.493 e. The molecule has 0 aliphatic heterocycles. The minimum atomic E-state index is -0.917. The SMILES string of the molecule is O=C(O)c1c(CCCOc2cccc3ccccc23)c2ccccc2n1Cc1cccnc1. The number of para-hydroxylation sites is 1. The van der Waals surface area contributed by atoms with E-state index < -0.39 is 5.97 Å². The second-order valence-corrected chi connectivity index (χ2v) is 8.03. The Bertz CT molecular complexity index is 1420. The van der Waals surface area contributed by atoms with Gasteiger partial charge in [-0.25, -0.2) is 4.79 Å². The number of hydrogen-bond acceptors (Lipinski definition) is 3. The molecule has 2 aromatic heterocycles. The maximum absolute atomic E-state index is 12.3. The summed E-state index contributed by atoms with van der Waals surface area (Å²) in [5.41, 5.74) is 3.07. The van der Waals surface area contributed by atoms with E-state index in [1.54, 1.807) is 12.4 Å². The molecule has 5 nitrogen and oxygen atoms in total. The normalized spacial score (nSPS) is 11.2. The second kappa shape index (κ2) is 9.17. The molecule has 0 aliphatic carbocycles. The molecule has 33 heavy (non-hydrogen) atoms. The van der Waals surface area contributed by atoms with Gasteiger partial charge in [-0.05, 0) is 47.6 Å². The van der Waals surface area contributed by atoms with Crippen molar-refractivity contribution in [1.29, 1.82) is 0 Å². The van der Waals surface area contributed by atoms with Gasteiger partial charge < -0.3 is 14.4 Å². The van der Waals surface area contributed by atoms with Crippen molar-refractivity contribution in [3.05, 3.63) is 108 Å². The maximum atomic E-state index is 12.3. The first-order chi connectivity index (χ1) is 16.2. The minimum Gasteiger partial charge on any atom is -0.493 e. The number of benzene rings is 3. The van der Waals surface area contributed by atoms with Crippen molar-refractivity contribution in [2.24, 2.45) is 0 Å². The summed E-state index contributed by atoms with van der Waals surface area (Å²) in [5, 5.41) is 13.3. The van der Waals surface area contributed by atoms with Gasteiger partial charge in [0, 0.05) is 35.2 Å². The summed E-state index contributed by atoms with van der Waals surface area (Å²) in [7, 11) is 0. The van der Waals surface area contributed by atoms with Gasteiger partial charge in [0.1, 0.15) is 11.4 Å². The van der Waals surface area contributed by atoms with Crippen molar-refractivity contribution in [3.8, 4) is 5.75 Å². The number of carboxylic acids is 1. The molecule has 5 heteroatoms. The predicted octanol–water partition coefficient (Wildman–Crippen LogP) is 5.95. The zero-order valence-corrected chi connectivity index (χ0v) is 18.1. The molecule has 164 valence electrons. The summed E-state index contributed by atoms with van der Waals surface area (Å²) in [4.78, 5) is 16.5. The number of ether oxygens (including phenoxy) is 1. The maximum Gasteiger partial charge on any atom is 0.352 e. The molecule has 5 aromatic rings. The lowest BCUT2D eigenvalue weighted by atomic mass is 10.1. The van der Waals surface area contributed by atoms with Crippen LogP contribution in [0.2, 0.25) is 0 Å². The van der Waals surface area contributed by atoms with Gasteiger partial charge in [0.25, 0.3) is 0 Å². The first-order valence-electron chi connectivity index (χ1n) is 11.1. The van der Waals surface area contributed by atoms with Crippen molar-refractivity contribution in [2.75, 3.05) is 6.61 Å². The van der Waals surface area contributed by atoms with E-state index >= 15 is 0 Å². The van der Waals surface area contributed by atoms with Gasteiger partial charge in [0.05, 0.1) is 6.61 Å². The molecule has 0 aliphatic rings. The lowest BCUT2D eigenvalue weighted by Crippen LogP contribution is -2.12. The third-order valence-electron chi connectivity index (χ3n) is 5.92. The summed E-state index contributed by atoms with van der Waals surface area (Å²) in [6.07, 6.45) is 4.83. The fourth-order valence-corrected chi connectivity index (χ4v) is 4.46. The van der Waals surface area contributed by atoms with Gasteiger partial charge in [0.2, 0.25) is 0 Å². The van der Waals surface area contributed by atoms with Crippen LogP contribution in [0.4, 0.5) is 0 Å². The first kappa shape index (κ1) is 20.8. The summed E-state index contributed by atoms with van der Waals surface area (Å²) in [6.45, 7) is 0.970. The Labute approximate surface area is 191 Å². The number of fused-ring (bicyclic) bond motifs is 2. The number of pyridine rings is 1. The summed E-state index contributed by atoms with van der Waals surface area (Å²) < 4.78 is 7.98. The van der Waals surface area contributed by atoms with E-state index in [0.29, 0.717) is 31.7 Å². The molecule has 0 radical (unpaired) electrons. The zero-order valence-electron chi connectivity index (χ0n) is 18.1. The minimum absolute atomic E-state index is 0.338. The fraction of sp³-hybridized carbons (Fsp3) is 0.143. The van der Waals surface area contributed by atoms with E-state index in [4.69, 9.17) is 4.74 Å². The summed E-state index contributed by atoms with van der Waals surface area (Å²) in [5.74, 6) is -0.0642. The molecule has 1 N–H and O–H groups in total. The van der Waals surface area contributed by atoms with E-state index in [2.05, 4.69) is 23.2 Å². The van der Waals surface area contributed by atoms with Gasteiger partial charge in [-0.15, -0.1) is 0 Å². The molecule has 0 atom stereocenters. The van der Waals surface area contributed by atoms with Crippen molar-refractivity contribution in [2.45, 2.75) is 19.4 Å². The number of aromatic nitrogens is 2.